The summed E-state index contributed by atoms with van der Waals surface area (Å²) in [4.78, 5) is 22.2. The van der Waals surface area contributed by atoms with Gasteiger partial charge in [0.2, 0.25) is 0 Å². The number of hydrogen-bond acceptors (Lipinski definition) is 5. The van der Waals surface area contributed by atoms with Gasteiger partial charge in [-0.05, 0) is 18.5 Å². The normalized spacial score (nSPS) is 9.43. The highest BCUT2D eigenvalue weighted by molar-refractivity contribution is 5.96. The Labute approximate surface area is 148 Å². The number of benzene rings is 1. The number of nitrogens with zero attached hydrogens (tertiary/aromatic N) is 3. The molecule has 0 bridgehead atoms. The van der Waals surface area contributed by atoms with Crippen LogP contribution in [0.3, 0.4) is 0 Å². The minimum Gasteiger partial charge on any atom is -0.382 e. The van der Waals surface area contributed by atoms with E-state index in [1.54, 1.807) is 4.90 Å². The van der Waals surface area contributed by atoms with Crippen LogP contribution >= 0.6 is 24.8 Å². The van der Waals surface area contributed by atoms with E-state index in [0.29, 0.717) is 19.6 Å². The highest BCUT2D eigenvalue weighted by atomic mass is 35.5. The Hall–Kier alpha value is -1.89. The first-order chi connectivity index (χ1) is 10.2. The lowest BCUT2D eigenvalue weighted by atomic mass is 10.2. The van der Waals surface area contributed by atoms with Crippen molar-refractivity contribution in [3.05, 3.63) is 54.0 Å². The number of aromatic nitrogens is 2. The number of carbonyl (C=O) groups is 1. The van der Waals surface area contributed by atoms with E-state index in [2.05, 4.69) is 9.97 Å². The standard InChI is InChI=1S/C15H19N5O.2ClH/c16-7-4-10-20(11-12-5-2-1-3-6-12)15(21)13-14(17)19-9-8-18-13;;/h1-3,5-6,8-9H,4,7,10-11,16H2,(H2,17,19);2*1H. The van der Waals surface area contributed by atoms with Crippen molar-refractivity contribution in [2.75, 3.05) is 18.8 Å². The summed E-state index contributed by atoms with van der Waals surface area (Å²) in [5.41, 5.74) is 12.5. The maximum Gasteiger partial charge on any atom is 0.276 e. The Morgan fingerprint density at radius 3 is 2.35 bits per heavy atom. The second-order valence-electron chi connectivity index (χ2n) is 4.64. The topological polar surface area (TPSA) is 98.1 Å². The van der Waals surface area contributed by atoms with Gasteiger partial charge < -0.3 is 16.4 Å². The molecule has 1 aromatic heterocycles. The smallest absolute Gasteiger partial charge is 0.276 e. The second-order valence-corrected chi connectivity index (χ2v) is 4.64. The van der Waals surface area contributed by atoms with E-state index in [1.165, 1.54) is 12.4 Å². The van der Waals surface area contributed by atoms with Crippen LogP contribution in [0.15, 0.2) is 42.7 Å². The van der Waals surface area contributed by atoms with Gasteiger partial charge in [-0.3, -0.25) is 4.79 Å². The third-order valence-corrected chi connectivity index (χ3v) is 3.06. The van der Waals surface area contributed by atoms with Crippen LogP contribution < -0.4 is 11.5 Å². The molecule has 1 heterocycles. The molecule has 0 atom stereocenters. The number of halogens is 2. The van der Waals surface area contributed by atoms with Crippen molar-refractivity contribution in [3.63, 3.8) is 0 Å². The van der Waals surface area contributed by atoms with E-state index in [0.717, 1.165) is 12.0 Å². The molecule has 0 saturated heterocycles. The SMILES string of the molecule is Cl.Cl.NCCCN(Cc1ccccc1)C(=O)c1nccnc1N. The Balaban J connectivity index is 0.00000242. The van der Waals surface area contributed by atoms with Crippen LogP contribution in [0.2, 0.25) is 0 Å². The van der Waals surface area contributed by atoms with Gasteiger partial charge in [-0.15, -0.1) is 24.8 Å². The largest absolute Gasteiger partial charge is 0.382 e. The van der Waals surface area contributed by atoms with Crippen LogP contribution in [0, 0.1) is 0 Å². The van der Waals surface area contributed by atoms with Gasteiger partial charge in [0.25, 0.3) is 5.91 Å². The molecule has 0 radical (unpaired) electrons. The van der Waals surface area contributed by atoms with Crippen LogP contribution in [0.4, 0.5) is 5.82 Å². The Bertz CT molecular complexity index is 597. The average Bonchev–Trinajstić information content (AvgIpc) is 2.52. The minimum absolute atomic E-state index is 0. The van der Waals surface area contributed by atoms with E-state index in [-0.39, 0.29) is 42.2 Å². The highest BCUT2D eigenvalue weighted by Crippen LogP contribution is 2.12. The number of hydrogen-bond donors (Lipinski definition) is 2. The van der Waals surface area contributed by atoms with Crippen molar-refractivity contribution in [3.8, 4) is 0 Å². The minimum atomic E-state index is -0.224. The molecule has 4 N–H and O–H groups in total. The monoisotopic (exact) mass is 357 g/mol. The van der Waals surface area contributed by atoms with Crippen LogP contribution in [-0.2, 0) is 6.54 Å². The first kappa shape index (κ1) is 21.1. The second kappa shape index (κ2) is 10.8. The molecule has 23 heavy (non-hydrogen) atoms. The van der Waals surface area contributed by atoms with Gasteiger partial charge in [0.15, 0.2) is 11.5 Å². The van der Waals surface area contributed by atoms with Crippen LogP contribution in [-0.4, -0.2) is 33.9 Å². The van der Waals surface area contributed by atoms with E-state index in [1.807, 2.05) is 30.3 Å². The molecule has 0 aliphatic rings. The summed E-state index contributed by atoms with van der Waals surface area (Å²) in [7, 11) is 0. The molecular formula is C15H21Cl2N5O. The number of nitrogens with two attached hydrogens (primary N) is 2. The summed E-state index contributed by atoms with van der Waals surface area (Å²) in [6, 6.07) is 9.77. The van der Waals surface area contributed by atoms with Crippen LogP contribution in [0.1, 0.15) is 22.5 Å². The molecule has 0 saturated carbocycles. The van der Waals surface area contributed by atoms with Gasteiger partial charge in [0.05, 0.1) is 0 Å². The highest BCUT2D eigenvalue weighted by Gasteiger charge is 2.19. The van der Waals surface area contributed by atoms with E-state index in [9.17, 15) is 4.79 Å². The van der Waals surface area contributed by atoms with Crippen LogP contribution in [0.25, 0.3) is 0 Å². The molecule has 2 rings (SSSR count). The molecule has 0 spiro atoms. The van der Waals surface area contributed by atoms with Gasteiger partial charge in [0, 0.05) is 25.5 Å². The number of amides is 1. The summed E-state index contributed by atoms with van der Waals surface area (Å²) >= 11 is 0. The van der Waals surface area contributed by atoms with Crippen molar-refractivity contribution in [1.82, 2.24) is 14.9 Å². The quantitative estimate of drug-likeness (QED) is 0.822. The molecule has 6 nitrogen and oxygen atoms in total. The Kier molecular flexibility index (Phi) is 9.89. The first-order valence-corrected chi connectivity index (χ1v) is 6.82. The molecule has 0 unspecified atom stereocenters. The van der Waals surface area contributed by atoms with Gasteiger partial charge in [0.1, 0.15) is 0 Å². The zero-order chi connectivity index (χ0) is 15.1. The fraction of sp³-hybridized carbons (Fsp3) is 0.267. The Morgan fingerprint density at radius 1 is 1.09 bits per heavy atom. The van der Waals surface area contributed by atoms with Gasteiger partial charge in [-0.25, -0.2) is 9.97 Å². The fourth-order valence-corrected chi connectivity index (χ4v) is 2.00. The number of rotatable bonds is 6. The lowest BCUT2D eigenvalue weighted by Gasteiger charge is -2.22. The third-order valence-electron chi connectivity index (χ3n) is 3.06. The maximum absolute atomic E-state index is 12.6. The molecule has 0 aliphatic heterocycles. The zero-order valence-electron chi connectivity index (χ0n) is 12.6. The molecule has 126 valence electrons. The summed E-state index contributed by atoms with van der Waals surface area (Å²) in [6.45, 7) is 1.57. The first-order valence-electron chi connectivity index (χ1n) is 6.82. The molecular weight excluding hydrogens is 337 g/mol. The molecule has 2 aromatic rings. The molecule has 8 heteroatoms. The summed E-state index contributed by atoms with van der Waals surface area (Å²) in [6.07, 6.45) is 3.65. The van der Waals surface area contributed by atoms with E-state index in [4.69, 9.17) is 11.5 Å². The van der Waals surface area contributed by atoms with Crippen molar-refractivity contribution in [2.45, 2.75) is 13.0 Å². The summed E-state index contributed by atoms with van der Waals surface area (Å²) < 4.78 is 0. The molecule has 1 amide bonds. The van der Waals surface area contributed by atoms with Crippen molar-refractivity contribution in [1.29, 1.82) is 0 Å². The predicted molar refractivity (Wildman–Crippen MR) is 95.8 cm³/mol. The van der Waals surface area contributed by atoms with Crippen LogP contribution in [0.5, 0.6) is 0 Å². The third kappa shape index (κ3) is 6.02. The molecule has 0 aliphatic carbocycles. The summed E-state index contributed by atoms with van der Waals surface area (Å²) in [5, 5.41) is 0. The number of nitrogen functional groups attached to an aromatic ring is 1. The van der Waals surface area contributed by atoms with Crippen molar-refractivity contribution < 1.29 is 4.79 Å². The lowest BCUT2D eigenvalue weighted by molar-refractivity contribution is 0.0737. The average molecular weight is 358 g/mol. The summed E-state index contributed by atoms with van der Waals surface area (Å²) in [5.74, 6) is -0.0776. The molecule has 1 aromatic carbocycles. The number of anilines is 1. The predicted octanol–water partition coefficient (Wildman–Crippen LogP) is 1.89. The van der Waals surface area contributed by atoms with Crippen molar-refractivity contribution >= 4 is 36.5 Å². The fourth-order valence-electron chi connectivity index (χ4n) is 2.00. The molecule has 0 fully saturated rings. The van der Waals surface area contributed by atoms with E-state index >= 15 is 0 Å². The van der Waals surface area contributed by atoms with Gasteiger partial charge >= 0.3 is 0 Å². The zero-order valence-corrected chi connectivity index (χ0v) is 14.2. The van der Waals surface area contributed by atoms with Gasteiger partial charge in [-0.2, -0.15) is 0 Å². The number of carbonyl (C=O) groups excluding carboxylic acids is 1. The van der Waals surface area contributed by atoms with Crippen molar-refractivity contribution in [2.24, 2.45) is 5.73 Å². The van der Waals surface area contributed by atoms with E-state index < -0.39 is 0 Å². The van der Waals surface area contributed by atoms with Gasteiger partial charge in [-0.1, -0.05) is 30.3 Å². The Morgan fingerprint density at radius 2 is 1.74 bits per heavy atom. The lowest BCUT2D eigenvalue weighted by Crippen LogP contribution is -2.33. The maximum atomic E-state index is 12.6.